The molecule has 0 fully saturated rings. The van der Waals surface area contributed by atoms with Crippen molar-refractivity contribution in [2.75, 3.05) is 0 Å². The van der Waals surface area contributed by atoms with Crippen molar-refractivity contribution in [3.05, 3.63) is 64.9 Å². The molecule has 1 heterocycles. The van der Waals surface area contributed by atoms with Gasteiger partial charge in [-0.15, -0.1) is 0 Å². The van der Waals surface area contributed by atoms with Crippen molar-refractivity contribution in [2.45, 2.75) is 13.0 Å². The Balaban J connectivity index is 1.79. The van der Waals surface area contributed by atoms with Gasteiger partial charge in [-0.2, -0.15) is 0 Å². The van der Waals surface area contributed by atoms with E-state index in [0.29, 0.717) is 10.6 Å². The highest BCUT2D eigenvalue weighted by molar-refractivity contribution is 6.30. The Labute approximate surface area is 127 Å². The molecule has 0 aliphatic rings. The summed E-state index contributed by atoms with van der Waals surface area (Å²) in [6.07, 6.45) is 1.61. The topological polar surface area (TPSA) is 57.8 Å². The van der Waals surface area contributed by atoms with Crippen LogP contribution in [0.4, 0.5) is 0 Å². The fraction of sp³-hybridized carbons (Fsp3) is 0.125. The highest BCUT2D eigenvalue weighted by Crippen LogP contribution is 2.18. The van der Waals surface area contributed by atoms with Gasteiger partial charge in [-0.05, 0) is 42.8 Å². The Kier molecular flexibility index (Phi) is 3.62. The second-order valence-electron chi connectivity index (χ2n) is 4.88. The summed E-state index contributed by atoms with van der Waals surface area (Å²) in [4.78, 5) is 19.4. The number of aromatic nitrogens is 2. The van der Waals surface area contributed by atoms with E-state index in [1.807, 2.05) is 37.3 Å². The third kappa shape index (κ3) is 2.90. The van der Waals surface area contributed by atoms with Crippen LogP contribution in [0, 0.1) is 0 Å². The second-order valence-corrected chi connectivity index (χ2v) is 5.32. The van der Waals surface area contributed by atoms with Gasteiger partial charge in [0.1, 0.15) is 0 Å². The van der Waals surface area contributed by atoms with Crippen LogP contribution in [0.1, 0.15) is 28.9 Å². The molecule has 1 aromatic heterocycles. The van der Waals surface area contributed by atoms with E-state index in [1.54, 1.807) is 18.5 Å². The maximum atomic E-state index is 12.3. The van der Waals surface area contributed by atoms with E-state index in [2.05, 4.69) is 15.3 Å². The van der Waals surface area contributed by atoms with Gasteiger partial charge in [-0.25, -0.2) is 4.98 Å². The van der Waals surface area contributed by atoms with E-state index in [1.165, 1.54) is 0 Å². The van der Waals surface area contributed by atoms with Crippen molar-refractivity contribution in [3.8, 4) is 0 Å². The molecule has 2 aromatic carbocycles. The van der Waals surface area contributed by atoms with Gasteiger partial charge in [-0.1, -0.05) is 23.7 Å². The van der Waals surface area contributed by atoms with Crippen LogP contribution in [0.2, 0.25) is 5.02 Å². The molecule has 3 rings (SSSR count). The minimum absolute atomic E-state index is 0.117. The predicted octanol–water partition coefficient (Wildman–Crippen LogP) is 3.71. The van der Waals surface area contributed by atoms with Crippen LogP contribution in [0.25, 0.3) is 11.0 Å². The maximum absolute atomic E-state index is 12.3. The smallest absolute Gasteiger partial charge is 0.251 e. The van der Waals surface area contributed by atoms with Crippen molar-refractivity contribution in [1.82, 2.24) is 15.3 Å². The van der Waals surface area contributed by atoms with Crippen molar-refractivity contribution >= 4 is 28.5 Å². The Morgan fingerprint density at radius 1 is 1.29 bits per heavy atom. The molecule has 1 amide bonds. The lowest BCUT2D eigenvalue weighted by molar-refractivity contribution is 0.0940. The summed E-state index contributed by atoms with van der Waals surface area (Å²) in [7, 11) is 0. The molecule has 5 heteroatoms. The van der Waals surface area contributed by atoms with Gasteiger partial charge in [0.05, 0.1) is 23.4 Å². The van der Waals surface area contributed by atoms with Gasteiger partial charge in [0, 0.05) is 10.6 Å². The van der Waals surface area contributed by atoms with Crippen molar-refractivity contribution in [3.63, 3.8) is 0 Å². The zero-order chi connectivity index (χ0) is 14.8. The average molecular weight is 300 g/mol. The van der Waals surface area contributed by atoms with Crippen LogP contribution in [-0.4, -0.2) is 15.9 Å². The summed E-state index contributed by atoms with van der Waals surface area (Å²) >= 11 is 5.97. The second kappa shape index (κ2) is 5.58. The summed E-state index contributed by atoms with van der Waals surface area (Å²) < 4.78 is 0. The number of carbonyl (C=O) groups is 1. The zero-order valence-corrected chi connectivity index (χ0v) is 12.2. The molecule has 0 bridgehead atoms. The first-order valence-electron chi connectivity index (χ1n) is 6.63. The van der Waals surface area contributed by atoms with Crippen molar-refractivity contribution in [1.29, 1.82) is 0 Å². The average Bonchev–Trinajstić information content (AvgIpc) is 2.94. The monoisotopic (exact) mass is 299 g/mol. The molecule has 0 saturated heterocycles. The first-order valence-corrected chi connectivity index (χ1v) is 7.01. The van der Waals surface area contributed by atoms with Crippen molar-refractivity contribution < 1.29 is 4.79 Å². The largest absolute Gasteiger partial charge is 0.346 e. The minimum atomic E-state index is -0.126. The van der Waals surface area contributed by atoms with Crippen LogP contribution in [0.3, 0.4) is 0 Å². The van der Waals surface area contributed by atoms with E-state index < -0.39 is 0 Å². The van der Waals surface area contributed by atoms with E-state index in [9.17, 15) is 4.79 Å². The van der Waals surface area contributed by atoms with Gasteiger partial charge >= 0.3 is 0 Å². The van der Waals surface area contributed by atoms with E-state index in [-0.39, 0.29) is 11.9 Å². The van der Waals surface area contributed by atoms with E-state index in [0.717, 1.165) is 16.6 Å². The summed E-state index contributed by atoms with van der Waals surface area (Å²) in [5.41, 5.74) is 3.26. The lowest BCUT2D eigenvalue weighted by Gasteiger charge is -2.14. The number of H-pyrrole nitrogens is 1. The van der Waals surface area contributed by atoms with Gasteiger partial charge in [0.15, 0.2) is 0 Å². The standard InChI is InChI=1S/C16H14ClN3O/c1-10(11-3-2-4-13(17)7-11)20-16(21)12-5-6-14-15(8-12)19-9-18-14/h2-10H,1H3,(H,18,19)(H,20,21)/t10-/m0/s1. The minimum Gasteiger partial charge on any atom is -0.346 e. The van der Waals surface area contributed by atoms with Crippen LogP contribution in [0.5, 0.6) is 0 Å². The predicted molar refractivity (Wildman–Crippen MR) is 83.4 cm³/mol. The number of amides is 1. The highest BCUT2D eigenvalue weighted by atomic mass is 35.5. The third-order valence-corrected chi connectivity index (χ3v) is 3.61. The molecule has 3 aromatic rings. The van der Waals surface area contributed by atoms with Gasteiger partial charge in [0.2, 0.25) is 0 Å². The zero-order valence-electron chi connectivity index (χ0n) is 11.4. The number of hydrogen-bond donors (Lipinski definition) is 2. The number of halogens is 1. The molecule has 0 unspecified atom stereocenters. The third-order valence-electron chi connectivity index (χ3n) is 3.38. The molecule has 4 nitrogen and oxygen atoms in total. The van der Waals surface area contributed by atoms with E-state index >= 15 is 0 Å². The number of carbonyl (C=O) groups excluding carboxylic acids is 1. The summed E-state index contributed by atoms with van der Waals surface area (Å²) in [6, 6.07) is 12.7. The Bertz CT molecular complexity index is 797. The molecule has 21 heavy (non-hydrogen) atoms. The molecule has 106 valence electrons. The number of nitrogens with zero attached hydrogens (tertiary/aromatic N) is 1. The Morgan fingerprint density at radius 2 is 2.14 bits per heavy atom. The summed E-state index contributed by atoms with van der Waals surface area (Å²) in [5.74, 6) is -0.126. The number of benzene rings is 2. The quantitative estimate of drug-likeness (QED) is 0.774. The van der Waals surface area contributed by atoms with Crippen LogP contribution in [0.15, 0.2) is 48.8 Å². The lowest BCUT2D eigenvalue weighted by Crippen LogP contribution is -2.26. The lowest BCUT2D eigenvalue weighted by atomic mass is 10.1. The molecule has 0 aliphatic carbocycles. The first-order chi connectivity index (χ1) is 10.1. The fourth-order valence-electron chi connectivity index (χ4n) is 2.22. The number of nitrogens with one attached hydrogen (secondary N) is 2. The first kappa shape index (κ1) is 13.6. The van der Waals surface area contributed by atoms with Crippen LogP contribution >= 0.6 is 11.6 Å². The number of aromatic amines is 1. The molecule has 0 radical (unpaired) electrons. The van der Waals surface area contributed by atoms with Crippen LogP contribution in [-0.2, 0) is 0 Å². The maximum Gasteiger partial charge on any atom is 0.251 e. The molecule has 2 N–H and O–H groups in total. The molecule has 0 spiro atoms. The normalized spacial score (nSPS) is 12.3. The number of rotatable bonds is 3. The number of imidazole rings is 1. The van der Waals surface area contributed by atoms with Crippen LogP contribution < -0.4 is 5.32 Å². The highest BCUT2D eigenvalue weighted by Gasteiger charge is 2.12. The van der Waals surface area contributed by atoms with Gasteiger partial charge in [0.25, 0.3) is 5.91 Å². The Morgan fingerprint density at radius 3 is 2.95 bits per heavy atom. The summed E-state index contributed by atoms with van der Waals surface area (Å²) in [5, 5.41) is 3.62. The SMILES string of the molecule is C[C@H](NC(=O)c1ccc2nc[nH]c2c1)c1cccc(Cl)c1. The number of hydrogen-bond acceptors (Lipinski definition) is 2. The molecule has 0 aliphatic heterocycles. The molecular weight excluding hydrogens is 286 g/mol. The van der Waals surface area contributed by atoms with E-state index in [4.69, 9.17) is 11.6 Å². The summed E-state index contributed by atoms with van der Waals surface area (Å²) in [6.45, 7) is 1.93. The molecular formula is C16H14ClN3O. The number of fused-ring (bicyclic) bond motifs is 1. The Hall–Kier alpha value is -2.33. The van der Waals surface area contributed by atoms with Gasteiger partial charge < -0.3 is 10.3 Å². The molecule has 0 saturated carbocycles. The van der Waals surface area contributed by atoms with Crippen molar-refractivity contribution in [2.24, 2.45) is 0 Å². The fourth-order valence-corrected chi connectivity index (χ4v) is 2.41. The molecule has 1 atom stereocenters. The van der Waals surface area contributed by atoms with Gasteiger partial charge in [-0.3, -0.25) is 4.79 Å².